The lowest BCUT2D eigenvalue weighted by molar-refractivity contribution is -0.140. The fourth-order valence-electron chi connectivity index (χ4n) is 5.00. The summed E-state index contributed by atoms with van der Waals surface area (Å²) in [5.41, 5.74) is 1.86. The predicted octanol–water partition coefficient (Wildman–Crippen LogP) is 5.45. The molecule has 0 heterocycles. The van der Waals surface area contributed by atoms with Gasteiger partial charge in [-0.3, -0.25) is 13.9 Å². The minimum Gasteiger partial charge on any atom is -0.497 e. The van der Waals surface area contributed by atoms with E-state index in [2.05, 4.69) is 5.32 Å². The van der Waals surface area contributed by atoms with Crippen LogP contribution in [0.2, 0.25) is 0 Å². The van der Waals surface area contributed by atoms with E-state index in [-0.39, 0.29) is 41.2 Å². The Bertz CT molecular complexity index is 1680. The summed E-state index contributed by atoms with van der Waals surface area (Å²) in [4.78, 5) is 29.9. The number of nitrogens with one attached hydrogen (secondary N) is 1. The van der Waals surface area contributed by atoms with Crippen LogP contribution < -0.4 is 19.1 Å². The molecule has 0 aliphatic rings. The van der Waals surface area contributed by atoms with Gasteiger partial charge in [-0.25, -0.2) is 8.42 Å². The third kappa shape index (κ3) is 8.45. The number of benzene rings is 4. The van der Waals surface area contributed by atoms with Crippen LogP contribution in [0.25, 0.3) is 0 Å². The molecular weight excluding hydrogens is 602 g/mol. The van der Waals surface area contributed by atoms with E-state index in [4.69, 9.17) is 9.47 Å². The van der Waals surface area contributed by atoms with Crippen LogP contribution in [0.1, 0.15) is 31.4 Å². The Morgan fingerprint density at radius 2 is 1.37 bits per heavy atom. The lowest BCUT2D eigenvalue weighted by Crippen LogP contribution is -2.54. The summed E-state index contributed by atoms with van der Waals surface area (Å²) in [7, 11) is -1.36. The third-order valence-corrected chi connectivity index (χ3v) is 9.52. The largest absolute Gasteiger partial charge is 0.497 e. The van der Waals surface area contributed by atoms with Crippen molar-refractivity contribution in [2.75, 3.05) is 25.1 Å². The van der Waals surface area contributed by atoms with Crippen LogP contribution in [0.15, 0.2) is 114 Å². The van der Waals surface area contributed by atoms with Crippen molar-refractivity contribution in [1.29, 1.82) is 0 Å². The van der Waals surface area contributed by atoms with E-state index in [9.17, 15) is 18.0 Å². The number of hydrogen-bond donors (Lipinski definition) is 1. The topological polar surface area (TPSA) is 105 Å². The summed E-state index contributed by atoms with van der Waals surface area (Å²) in [5.74, 6) is -0.0993. The normalized spacial score (nSPS) is 12.4. The molecule has 2 atom stereocenters. The summed E-state index contributed by atoms with van der Waals surface area (Å²) >= 11 is 0. The zero-order chi connectivity index (χ0) is 33.1. The second-order valence-corrected chi connectivity index (χ2v) is 12.8. The molecule has 242 valence electrons. The van der Waals surface area contributed by atoms with Crippen molar-refractivity contribution < 1.29 is 27.5 Å². The number of methoxy groups -OCH3 is 2. The van der Waals surface area contributed by atoms with Crippen molar-refractivity contribution in [1.82, 2.24) is 10.2 Å². The molecule has 0 fully saturated rings. The summed E-state index contributed by atoms with van der Waals surface area (Å²) in [6.07, 6.45) is 0.944. The standard InChI is InChI=1S/C36H41N3O6S/c1-5-27(2)37-36(41)33(24-28-14-8-6-9-15-28)38(25-29-16-10-7-11-17-29)35(40)26-39(32-18-12-13-19-34(32)45-4)46(42,43)31-22-20-30(44-3)21-23-31/h6-23,27,33H,5,24-26H2,1-4H3,(H,37,41)/t27-,33-/m0/s1. The maximum atomic E-state index is 14.6. The monoisotopic (exact) mass is 643 g/mol. The molecule has 46 heavy (non-hydrogen) atoms. The van der Waals surface area contributed by atoms with Crippen molar-refractivity contribution in [3.8, 4) is 11.5 Å². The molecule has 9 nitrogen and oxygen atoms in total. The Balaban J connectivity index is 1.82. The Morgan fingerprint density at radius 1 is 0.783 bits per heavy atom. The predicted molar refractivity (Wildman–Crippen MR) is 179 cm³/mol. The van der Waals surface area contributed by atoms with Crippen LogP contribution in [0.4, 0.5) is 5.69 Å². The van der Waals surface area contributed by atoms with Crippen molar-refractivity contribution in [2.24, 2.45) is 0 Å². The quantitative estimate of drug-likeness (QED) is 0.185. The minimum absolute atomic E-state index is 0.0306. The maximum absolute atomic E-state index is 14.6. The molecule has 4 aromatic rings. The minimum atomic E-state index is -4.29. The van der Waals surface area contributed by atoms with E-state index in [1.807, 2.05) is 74.5 Å². The summed E-state index contributed by atoms with van der Waals surface area (Å²) in [6.45, 7) is 3.39. The van der Waals surface area contributed by atoms with Gasteiger partial charge in [0.15, 0.2) is 0 Å². The Labute approximate surface area is 271 Å². The first-order valence-corrected chi connectivity index (χ1v) is 16.6. The van der Waals surface area contributed by atoms with E-state index >= 15 is 0 Å². The fourth-order valence-corrected chi connectivity index (χ4v) is 6.42. The average molecular weight is 644 g/mol. The molecule has 0 aliphatic carbocycles. The van der Waals surface area contributed by atoms with E-state index in [1.165, 1.54) is 31.3 Å². The molecule has 0 aromatic heterocycles. The highest BCUT2D eigenvalue weighted by Gasteiger charge is 2.35. The van der Waals surface area contributed by atoms with Gasteiger partial charge < -0.3 is 19.7 Å². The highest BCUT2D eigenvalue weighted by molar-refractivity contribution is 7.92. The van der Waals surface area contributed by atoms with Gasteiger partial charge >= 0.3 is 0 Å². The lowest BCUT2D eigenvalue weighted by Gasteiger charge is -2.34. The Morgan fingerprint density at radius 3 is 1.96 bits per heavy atom. The van der Waals surface area contributed by atoms with Gasteiger partial charge in [0.1, 0.15) is 24.1 Å². The zero-order valence-electron chi connectivity index (χ0n) is 26.6. The smallest absolute Gasteiger partial charge is 0.264 e. The number of amides is 2. The van der Waals surface area contributed by atoms with Crippen molar-refractivity contribution in [3.63, 3.8) is 0 Å². The number of carbonyl (C=O) groups excluding carboxylic acids is 2. The summed E-state index contributed by atoms with van der Waals surface area (Å²) < 4.78 is 40.4. The van der Waals surface area contributed by atoms with Gasteiger partial charge in [-0.15, -0.1) is 0 Å². The van der Waals surface area contributed by atoms with Crippen LogP contribution in [0, 0.1) is 0 Å². The lowest BCUT2D eigenvalue weighted by atomic mass is 10.0. The number of carbonyl (C=O) groups is 2. The highest BCUT2D eigenvalue weighted by atomic mass is 32.2. The SMILES string of the molecule is CC[C@H](C)NC(=O)[C@H](Cc1ccccc1)N(Cc1ccccc1)C(=O)CN(c1ccccc1OC)S(=O)(=O)c1ccc(OC)cc1. The number of sulfonamides is 1. The van der Waals surface area contributed by atoms with E-state index < -0.39 is 28.5 Å². The zero-order valence-corrected chi connectivity index (χ0v) is 27.4. The number of ether oxygens (including phenoxy) is 2. The molecule has 2 amide bonds. The molecule has 4 rings (SSSR count). The molecule has 0 unspecified atom stereocenters. The molecule has 0 radical (unpaired) electrons. The molecule has 0 saturated carbocycles. The average Bonchev–Trinajstić information content (AvgIpc) is 3.09. The summed E-state index contributed by atoms with van der Waals surface area (Å²) in [6, 6.07) is 30.3. The molecule has 1 N–H and O–H groups in total. The first-order chi connectivity index (χ1) is 22.2. The van der Waals surface area contributed by atoms with Gasteiger partial charge in [-0.1, -0.05) is 79.7 Å². The molecular formula is C36H41N3O6S. The van der Waals surface area contributed by atoms with Crippen LogP contribution in [-0.2, 0) is 32.6 Å². The third-order valence-electron chi connectivity index (χ3n) is 7.75. The van der Waals surface area contributed by atoms with Gasteiger partial charge in [0.2, 0.25) is 11.8 Å². The number of anilines is 1. The number of para-hydroxylation sites is 2. The molecule has 10 heteroatoms. The van der Waals surface area contributed by atoms with Gasteiger partial charge in [0.05, 0.1) is 24.8 Å². The van der Waals surface area contributed by atoms with E-state index in [0.717, 1.165) is 15.4 Å². The molecule has 0 spiro atoms. The summed E-state index contributed by atoms with van der Waals surface area (Å²) in [5, 5.41) is 3.04. The van der Waals surface area contributed by atoms with Gasteiger partial charge in [-0.05, 0) is 60.9 Å². The maximum Gasteiger partial charge on any atom is 0.264 e. The fraction of sp³-hybridized carbons (Fsp3) is 0.278. The highest BCUT2D eigenvalue weighted by Crippen LogP contribution is 2.33. The van der Waals surface area contributed by atoms with E-state index in [0.29, 0.717) is 12.2 Å². The number of rotatable bonds is 15. The van der Waals surface area contributed by atoms with Gasteiger partial charge in [-0.2, -0.15) is 0 Å². The first kappa shape index (κ1) is 34.1. The van der Waals surface area contributed by atoms with Crippen LogP contribution in [0.5, 0.6) is 11.5 Å². The number of hydrogen-bond acceptors (Lipinski definition) is 6. The molecule has 0 bridgehead atoms. The number of nitrogens with zero attached hydrogens (tertiary/aromatic N) is 2. The molecule has 0 saturated heterocycles. The van der Waals surface area contributed by atoms with Crippen LogP contribution in [0.3, 0.4) is 0 Å². The first-order valence-electron chi connectivity index (χ1n) is 15.1. The van der Waals surface area contributed by atoms with Gasteiger partial charge in [0, 0.05) is 19.0 Å². The Hall–Kier alpha value is -4.83. The molecule has 0 aliphatic heterocycles. The van der Waals surface area contributed by atoms with Crippen LogP contribution >= 0.6 is 0 Å². The van der Waals surface area contributed by atoms with Crippen molar-refractivity contribution >= 4 is 27.5 Å². The van der Waals surface area contributed by atoms with Crippen LogP contribution in [-0.4, -0.2) is 58.0 Å². The van der Waals surface area contributed by atoms with Gasteiger partial charge in [0.25, 0.3) is 10.0 Å². The van der Waals surface area contributed by atoms with Crippen molar-refractivity contribution in [2.45, 2.75) is 50.2 Å². The Kier molecular flexibility index (Phi) is 11.8. The molecule has 4 aromatic carbocycles. The second kappa shape index (κ2) is 15.9. The van der Waals surface area contributed by atoms with E-state index in [1.54, 1.807) is 36.4 Å². The van der Waals surface area contributed by atoms with Crippen molar-refractivity contribution in [3.05, 3.63) is 120 Å². The second-order valence-electron chi connectivity index (χ2n) is 10.9.